The number of halogens is 1. The number of hydrogen-bond donors (Lipinski definition) is 1. The molecule has 1 aliphatic rings. The Kier molecular flexibility index (Phi) is 2.90. The number of pyridine rings is 1. The second kappa shape index (κ2) is 4.76. The second-order valence-electron chi connectivity index (χ2n) is 5.07. The highest BCUT2D eigenvalue weighted by Crippen LogP contribution is 2.41. The number of aromatic nitrogens is 1. The number of nitrogens with zero attached hydrogens (tertiary/aromatic N) is 1. The van der Waals surface area contributed by atoms with E-state index in [1.165, 1.54) is 21.2 Å². The van der Waals surface area contributed by atoms with Crippen molar-refractivity contribution in [1.29, 1.82) is 0 Å². The van der Waals surface area contributed by atoms with Crippen LogP contribution in [-0.4, -0.2) is 4.98 Å². The van der Waals surface area contributed by atoms with Crippen molar-refractivity contribution >= 4 is 39.4 Å². The lowest BCUT2D eigenvalue weighted by atomic mass is 10.1. The number of hydrogen-bond acceptors (Lipinski definition) is 3. The second-order valence-corrected chi connectivity index (χ2v) is 6.84. The molecular weight excluding hydrogens is 288 g/mol. The topological polar surface area (TPSA) is 24.9 Å². The van der Waals surface area contributed by atoms with Gasteiger partial charge in [0, 0.05) is 28.3 Å². The number of nitrogens with one attached hydrogen (secondary N) is 1. The first-order valence-corrected chi connectivity index (χ1v) is 7.88. The van der Waals surface area contributed by atoms with Gasteiger partial charge >= 0.3 is 0 Å². The van der Waals surface area contributed by atoms with Gasteiger partial charge in [-0.05, 0) is 42.0 Å². The van der Waals surface area contributed by atoms with Crippen LogP contribution >= 0.6 is 22.9 Å². The molecule has 3 aromatic rings. The molecule has 0 aliphatic heterocycles. The third-order valence-corrected chi connectivity index (χ3v) is 5.20. The first-order valence-electron chi connectivity index (χ1n) is 6.68. The smallest absolute Gasteiger partial charge is 0.0934 e. The highest BCUT2D eigenvalue weighted by molar-refractivity contribution is 7.16. The summed E-state index contributed by atoms with van der Waals surface area (Å²) in [6, 6.07) is 10.8. The Morgan fingerprint density at radius 1 is 1.30 bits per heavy atom. The van der Waals surface area contributed by atoms with Crippen molar-refractivity contribution in [1.82, 2.24) is 4.98 Å². The largest absolute Gasteiger partial charge is 0.378 e. The summed E-state index contributed by atoms with van der Waals surface area (Å²) < 4.78 is 0.890. The van der Waals surface area contributed by atoms with Crippen LogP contribution in [0.3, 0.4) is 0 Å². The number of fused-ring (bicyclic) bond motifs is 2. The molecule has 0 bridgehead atoms. The molecule has 20 heavy (non-hydrogen) atoms. The molecule has 0 saturated carbocycles. The van der Waals surface area contributed by atoms with Crippen LogP contribution in [0.1, 0.15) is 22.9 Å². The summed E-state index contributed by atoms with van der Waals surface area (Å²) in [7, 11) is 0. The van der Waals surface area contributed by atoms with E-state index in [0.29, 0.717) is 6.04 Å². The Labute approximate surface area is 126 Å². The van der Waals surface area contributed by atoms with Gasteiger partial charge in [0.25, 0.3) is 0 Å². The molecule has 0 fully saturated rings. The Morgan fingerprint density at radius 2 is 2.25 bits per heavy atom. The van der Waals surface area contributed by atoms with Crippen LogP contribution in [0.15, 0.2) is 42.7 Å². The maximum atomic E-state index is 6.12. The van der Waals surface area contributed by atoms with Crippen molar-refractivity contribution in [2.45, 2.75) is 18.9 Å². The molecule has 1 unspecified atom stereocenters. The van der Waals surface area contributed by atoms with Gasteiger partial charge in [0.2, 0.25) is 0 Å². The fraction of sp³-hybridized carbons (Fsp3) is 0.188. The van der Waals surface area contributed by atoms with Crippen molar-refractivity contribution < 1.29 is 0 Å². The molecule has 100 valence electrons. The summed E-state index contributed by atoms with van der Waals surface area (Å²) in [6.07, 6.45) is 6.01. The number of thiophene rings is 1. The highest BCUT2D eigenvalue weighted by Gasteiger charge is 2.25. The van der Waals surface area contributed by atoms with E-state index in [-0.39, 0.29) is 0 Å². The highest BCUT2D eigenvalue weighted by atomic mass is 35.5. The minimum atomic E-state index is 0.361. The summed E-state index contributed by atoms with van der Waals surface area (Å²) in [6.45, 7) is 0. The van der Waals surface area contributed by atoms with Crippen LogP contribution in [0, 0.1) is 0 Å². The fourth-order valence-electron chi connectivity index (χ4n) is 2.91. The summed E-state index contributed by atoms with van der Waals surface area (Å²) >= 11 is 7.83. The van der Waals surface area contributed by atoms with E-state index < -0.39 is 0 Å². The zero-order valence-electron chi connectivity index (χ0n) is 10.8. The molecule has 4 heteroatoms. The third-order valence-electron chi connectivity index (χ3n) is 3.86. The molecule has 2 heterocycles. The van der Waals surface area contributed by atoms with Gasteiger partial charge in [-0.1, -0.05) is 23.7 Å². The Balaban J connectivity index is 1.72. The summed E-state index contributed by atoms with van der Waals surface area (Å²) in [5, 5.41) is 6.05. The predicted molar refractivity (Wildman–Crippen MR) is 85.8 cm³/mol. The molecule has 1 atom stereocenters. The van der Waals surface area contributed by atoms with E-state index in [2.05, 4.69) is 34.6 Å². The molecule has 0 saturated heterocycles. The summed E-state index contributed by atoms with van der Waals surface area (Å²) in [4.78, 5) is 5.66. The first kappa shape index (κ1) is 12.2. The first-order chi connectivity index (χ1) is 9.81. The van der Waals surface area contributed by atoms with E-state index in [1.54, 1.807) is 11.3 Å². The van der Waals surface area contributed by atoms with Crippen molar-refractivity contribution in [2.24, 2.45) is 0 Å². The van der Waals surface area contributed by atoms with Crippen LogP contribution < -0.4 is 5.32 Å². The van der Waals surface area contributed by atoms with Gasteiger partial charge in [0.1, 0.15) is 0 Å². The molecule has 1 N–H and O–H groups in total. The lowest BCUT2D eigenvalue weighted by molar-refractivity contribution is 0.763. The van der Waals surface area contributed by atoms with Crippen molar-refractivity contribution in [3.05, 3.63) is 57.5 Å². The number of rotatable bonds is 2. The third kappa shape index (κ3) is 1.98. The normalized spacial score (nSPS) is 17.4. The molecule has 0 amide bonds. The Bertz CT molecular complexity index is 776. The SMILES string of the molecule is Clc1cc2c(s1)CCC2Nc1cccc2ccncc12. The van der Waals surface area contributed by atoms with Crippen molar-refractivity contribution in [3.63, 3.8) is 0 Å². The fourth-order valence-corrected chi connectivity index (χ4v) is 4.26. The van der Waals surface area contributed by atoms with E-state index in [4.69, 9.17) is 11.6 Å². The lowest BCUT2D eigenvalue weighted by Crippen LogP contribution is -2.06. The van der Waals surface area contributed by atoms with Gasteiger partial charge in [-0.3, -0.25) is 4.98 Å². The molecule has 4 rings (SSSR count). The van der Waals surface area contributed by atoms with E-state index in [1.807, 2.05) is 18.5 Å². The number of anilines is 1. The maximum absolute atomic E-state index is 6.12. The minimum Gasteiger partial charge on any atom is -0.378 e. The average molecular weight is 301 g/mol. The molecule has 0 radical (unpaired) electrons. The average Bonchev–Trinajstić information content (AvgIpc) is 3.00. The van der Waals surface area contributed by atoms with Gasteiger partial charge in [-0.15, -0.1) is 11.3 Å². The molecule has 1 aromatic carbocycles. The molecule has 1 aliphatic carbocycles. The standard InChI is InChI=1S/C16H13ClN2S/c17-16-8-11-14(4-5-15(11)20-16)19-13-3-1-2-10-6-7-18-9-12(10)13/h1-3,6-9,14,19H,4-5H2. The quantitative estimate of drug-likeness (QED) is 0.716. The number of aryl methyl sites for hydroxylation is 1. The van der Waals surface area contributed by atoms with Crippen LogP contribution in [0.5, 0.6) is 0 Å². The zero-order chi connectivity index (χ0) is 13.5. The van der Waals surface area contributed by atoms with E-state index >= 15 is 0 Å². The maximum Gasteiger partial charge on any atom is 0.0934 e. The van der Waals surface area contributed by atoms with E-state index in [9.17, 15) is 0 Å². The van der Waals surface area contributed by atoms with Crippen LogP contribution in [0.4, 0.5) is 5.69 Å². The Morgan fingerprint density at radius 3 is 3.20 bits per heavy atom. The zero-order valence-corrected chi connectivity index (χ0v) is 12.3. The predicted octanol–water partition coefficient (Wildman–Crippen LogP) is 5.05. The minimum absolute atomic E-state index is 0.361. The van der Waals surface area contributed by atoms with Gasteiger partial charge in [-0.2, -0.15) is 0 Å². The number of benzene rings is 1. The molecule has 0 spiro atoms. The summed E-state index contributed by atoms with van der Waals surface area (Å²) in [5.41, 5.74) is 2.51. The van der Waals surface area contributed by atoms with E-state index in [0.717, 1.165) is 22.9 Å². The van der Waals surface area contributed by atoms with Crippen molar-refractivity contribution in [3.8, 4) is 0 Å². The van der Waals surface area contributed by atoms with Crippen molar-refractivity contribution in [2.75, 3.05) is 5.32 Å². The van der Waals surface area contributed by atoms with Crippen LogP contribution in [-0.2, 0) is 6.42 Å². The lowest BCUT2D eigenvalue weighted by Gasteiger charge is -2.16. The molecular formula is C16H13ClN2S. The summed E-state index contributed by atoms with van der Waals surface area (Å²) in [5.74, 6) is 0. The van der Waals surface area contributed by atoms with Crippen LogP contribution in [0.25, 0.3) is 10.8 Å². The molecule has 2 nitrogen and oxygen atoms in total. The monoisotopic (exact) mass is 300 g/mol. The molecule has 2 aromatic heterocycles. The van der Waals surface area contributed by atoms with Gasteiger partial charge in [-0.25, -0.2) is 0 Å². The van der Waals surface area contributed by atoms with Gasteiger partial charge in [0.05, 0.1) is 10.4 Å². The van der Waals surface area contributed by atoms with Gasteiger partial charge in [0.15, 0.2) is 0 Å². The van der Waals surface area contributed by atoms with Crippen LogP contribution in [0.2, 0.25) is 4.34 Å². The Hall–Kier alpha value is -1.58. The van der Waals surface area contributed by atoms with Gasteiger partial charge < -0.3 is 5.32 Å².